The summed E-state index contributed by atoms with van der Waals surface area (Å²) in [6.07, 6.45) is 3.85. The van der Waals surface area contributed by atoms with Crippen molar-refractivity contribution in [1.29, 1.82) is 0 Å². The van der Waals surface area contributed by atoms with Gasteiger partial charge in [-0.25, -0.2) is 0 Å². The number of nitro benzene ring substituents is 1. The standard InChI is InChI=1S/C12H16ClN3O3S/c1-20-5-3-2-4-15-12(17)9-6-8(16(18)19)7-10(13)11(9)14/h6-7H,2-5,14H2,1H3,(H,15,17). The number of thioether (sulfide) groups is 1. The second kappa shape index (κ2) is 7.96. The van der Waals surface area contributed by atoms with Gasteiger partial charge in [-0.05, 0) is 24.9 Å². The summed E-state index contributed by atoms with van der Waals surface area (Å²) in [7, 11) is 0. The number of benzene rings is 1. The Bertz CT molecular complexity index is 511. The predicted octanol–water partition coefficient (Wildman–Crippen LogP) is 2.70. The Balaban J connectivity index is 2.74. The maximum absolute atomic E-state index is 11.9. The van der Waals surface area contributed by atoms with Crippen molar-refractivity contribution in [2.24, 2.45) is 0 Å². The van der Waals surface area contributed by atoms with Gasteiger partial charge in [0, 0.05) is 18.7 Å². The molecule has 0 spiro atoms. The van der Waals surface area contributed by atoms with Gasteiger partial charge in [0.15, 0.2) is 0 Å². The van der Waals surface area contributed by atoms with E-state index in [1.54, 1.807) is 11.8 Å². The normalized spacial score (nSPS) is 10.3. The second-order valence-corrected chi connectivity index (χ2v) is 5.49. The van der Waals surface area contributed by atoms with E-state index in [0.29, 0.717) is 6.54 Å². The average Bonchev–Trinajstić information content (AvgIpc) is 2.41. The van der Waals surface area contributed by atoms with Gasteiger partial charge >= 0.3 is 0 Å². The molecule has 0 saturated heterocycles. The second-order valence-electron chi connectivity index (χ2n) is 4.10. The Labute approximate surface area is 126 Å². The van der Waals surface area contributed by atoms with Gasteiger partial charge in [-0.15, -0.1) is 0 Å². The molecule has 1 aromatic carbocycles. The van der Waals surface area contributed by atoms with Crippen LogP contribution in [0.1, 0.15) is 23.2 Å². The number of halogens is 1. The molecule has 0 aromatic heterocycles. The molecule has 0 fully saturated rings. The van der Waals surface area contributed by atoms with E-state index in [4.69, 9.17) is 17.3 Å². The monoisotopic (exact) mass is 317 g/mol. The van der Waals surface area contributed by atoms with Crippen LogP contribution in [0.2, 0.25) is 5.02 Å². The van der Waals surface area contributed by atoms with E-state index < -0.39 is 10.8 Å². The number of anilines is 1. The van der Waals surface area contributed by atoms with E-state index in [9.17, 15) is 14.9 Å². The molecule has 0 radical (unpaired) electrons. The van der Waals surface area contributed by atoms with Crippen molar-refractivity contribution in [3.8, 4) is 0 Å². The number of non-ortho nitro benzene ring substituents is 1. The van der Waals surface area contributed by atoms with Crippen molar-refractivity contribution in [2.75, 3.05) is 24.3 Å². The van der Waals surface area contributed by atoms with Gasteiger partial charge < -0.3 is 11.1 Å². The molecule has 1 rings (SSSR count). The lowest BCUT2D eigenvalue weighted by atomic mass is 10.1. The molecule has 6 nitrogen and oxygen atoms in total. The number of nitrogens with zero attached hydrogens (tertiary/aromatic N) is 1. The highest BCUT2D eigenvalue weighted by Crippen LogP contribution is 2.28. The fourth-order valence-electron chi connectivity index (χ4n) is 1.57. The third-order valence-electron chi connectivity index (χ3n) is 2.63. The average molecular weight is 318 g/mol. The lowest BCUT2D eigenvalue weighted by Crippen LogP contribution is -2.25. The number of rotatable bonds is 7. The van der Waals surface area contributed by atoms with Crippen LogP contribution in [0.5, 0.6) is 0 Å². The number of nitrogens with one attached hydrogen (secondary N) is 1. The molecule has 0 heterocycles. The molecule has 1 amide bonds. The minimum absolute atomic E-state index is 0.00623. The van der Waals surface area contributed by atoms with E-state index in [-0.39, 0.29) is 22.0 Å². The summed E-state index contributed by atoms with van der Waals surface area (Å²) < 4.78 is 0. The Hall–Kier alpha value is -1.47. The molecule has 0 aliphatic rings. The van der Waals surface area contributed by atoms with Crippen LogP contribution in [0.4, 0.5) is 11.4 Å². The zero-order valence-electron chi connectivity index (χ0n) is 11.0. The molecule has 110 valence electrons. The van der Waals surface area contributed by atoms with Gasteiger partial charge in [0.25, 0.3) is 11.6 Å². The zero-order valence-corrected chi connectivity index (χ0v) is 12.6. The maximum atomic E-state index is 11.9. The molecule has 0 atom stereocenters. The van der Waals surface area contributed by atoms with Crippen LogP contribution in [-0.4, -0.2) is 29.4 Å². The maximum Gasteiger partial charge on any atom is 0.271 e. The van der Waals surface area contributed by atoms with Gasteiger partial charge in [-0.3, -0.25) is 14.9 Å². The molecule has 3 N–H and O–H groups in total. The summed E-state index contributed by atoms with van der Waals surface area (Å²) in [6.45, 7) is 0.499. The van der Waals surface area contributed by atoms with Crippen LogP contribution in [-0.2, 0) is 0 Å². The van der Waals surface area contributed by atoms with Crippen molar-refractivity contribution in [3.63, 3.8) is 0 Å². The fourth-order valence-corrected chi connectivity index (χ4v) is 2.27. The smallest absolute Gasteiger partial charge is 0.271 e. The Morgan fingerprint density at radius 1 is 1.50 bits per heavy atom. The lowest BCUT2D eigenvalue weighted by molar-refractivity contribution is -0.384. The first-order valence-electron chi connectivity index (χ1n) is 5.98. The summed E-state index contributed by atoms with van der Waals surface area (Å²) >= 11 is 7.54. The van der Waals surface area contributed by atoms with E-state index in [1.807, 2.05) is 6.26 Å². The molecular weight excluding hydrogens is 302 g/mol. The van der Waals surface area contributed by atoms with Crippen molar-refractivity contribution in [2.45, 2.75) is 12.8 Å². The van der Waals surface area contributed by atoms with Crippen LogP contribution >= 0.6 is 23.4 Å². The van der Waals surface area contributed by atoms with Crippen LogP contribution in [0, 0.1) is 10.1 Å². The first kappa shape index (κ1) is 16.6. The number of nitrogens with two attached hydrogens (primary N) is 1. The molecule has 20 heavy (non-hydrogen) atoms. The van der Waals surface area contributed by atoms with Crippen molar-refractivity contribution < 1.29 is 9.72 Å². The Morgan fingerprint density at radius 2 is 2.20 bits per heavy atom. The number of nitro groups is 1. The number of nitrogen functional groups attached to an aromatic ring is 1. The van der Waals surface area contributed by atoms with Crippen molar-refractivity contribution in [1.82, 2.24) is 5.32 Å². The van der Waals surface area contributed by atoms with Crippen LogP contribution in [0.25, 0.3) is 0 Å². The van der Waals surface area contributed by atoms with Gasteiger partial charge in [0.2, 0.25) is 0 Å². The van der Waals surface area contributed by atoms with Gasteiger partial charge in [0.1, 0.15) is 0 Å². The summed E-state index contributed by atoms with van der Waals surface area (Å²) in [5.41, 5.74) is 5.52. The SMILES string of the molecule is CSCCCCNC(=O)c1cc([N+](=O)[O-])cc(Cl)c1N. The summed E-state index contributed by atoms with van der Waals surface area (Å²) in [6, 6.07) is 2.27. The summed E-state index contributed by atoms with van der Waals surface area (Å²) in [5.74, 6) is 0.581. The van der Waals surface area contributed by atoms with E-state index in [0.717, 1.165) is 30.7 Å². The number of carbonyl (C=O) groups is 1. The number of amides is 1. The number of carbonyl (C=O) groups excluding carboxylic acids is 1. The third-order valence-corrected chi connectivity index (χ3v) is 3.64. The topological polar surface area (TPSA) is 98.3 Å². The molecular formula is C12H16ClN3O3S. The number of hydrogen-bond donors (Lipinski definition) is 2. The molecule has 1 aromatic rings. The summed E-state index contributed by atoms with van der Waals surface area (Å²) in [4.78, 5) is 22.1. The highest BCUT2D eigenvalue weighted by molar-refractivity contribution is 7.98. The lowest BCUT2D eigenvalue weighted by Gasteiger charge is -2.08. The van der Waals surface area contributed by atoms with E-state index >= 15 is 0 Å². The van der Waals surface area contributed by atoms with Crippen molar-refractivity contribution >= 4 is 40.6 Å². The van der Waals surface area contributed by atoms with Crippen LogP contribution in [0.3, 0.4) is 0 Å². The number of unbranched alkanes of at least 4 members (excludes halogenated alkanes) is 1. The van der Waals surface area contributed by atoms with Crippen molar-refractivity contribution in [3.05, 3.63) is 32.8 Å². The first-order valence-corrected chi connectivity index (χ1v) is 7.75. The van der Waals surface area contributed by atoms with Crippen LogP contribution < -0.4 is 11.1 Å². The first-order chi connectivity index (χ1) is 9.47. The minimum Gasteiger partial charge on any atom is -0.397 e. The predicted molar refractivity (Wildman–Crippen MR) is 82.5 cm³/mol. The number of hydrogen-bond acceptors (Lipinski definition) is 5. The zero-order chi connectivity index (χ0) is 15.1. The third kappa shape index (κ3) is 4.57. The largest absolute Gasteiger partial charge is 0.397 e. The molecule has 0 bridgehead atoms. The molecule has 0 aliphatic carbocycles. The van der Waals surface area contributed by atoms with E-state index in [1.165, 1.54) is 0 Å². The van der Waals surface area contributed by atoms with Gasteiger partial charge in [0.05, 0.1) is 21.2 Å². The summed E-state index contributed by atoms with van der Waals surface area (Å²) in [5, 5.41) is 13.4. The Kier molecular flexibility index (Phi) is 6.60. The van der Waals surface area contributed by atoms with E-state index in [2.05, 4.69) is 5.32 Å². The molecule has 0 saturated carbocycles. The Morgan fingerprint density at radius 3 is 2.80 bits per heavy atom. The quantitative estimate of drug-likeness (QED) is 0.349. The minimum atomic E-state index is -0.611. The highest BCUT2D eigenvalue weighted by atomic mass is 35.5. The van der Waals surface area contributed by atoms with Gasteiger partial charge in [-0.1, -0.05) is 11.6 Å². The molecule has 8 heteroatoms. The molecule has 0 aliphatic heterocycles. The molecule has 0 unspecified atom stereocenters. The fraction of sp³-hybridized carbons (Fsp3) is 0.417. The van der Waals surface area contributed by atoms with Crippen LogP contribution in [0.15, 0.2) is 12.1 Å². The van der Waals surface area contributed by atoms with Gasteiger partial charge in [-0.2, -0.15) is 11.8 Å². The highest BCUT2D eigenvalue weighted by Gasteiger charge is 2.18.